The van der Waals surface area contributed by atoms with Crippen LogP contribution in [0, 0.1) is 11.3 Å². The number of hydrogen-bond acceptors (Lipinski definition) is 2. The molecule has 3 heteroatoms. The standard InChI is InChI=1S/C15H13ClN2/c16-10-15(13-4-2-1-3-5-13)18-14-8-6-12(11-17)7-9-14/h1-9,15,18H,10H2. The van der Waals surface area contributed by atoms with Crippen LogP contribution in [0.5, 0.6) is 0 Å². The Labute approximate surface area is 112 Å². The Kier molecular flexibility index (Phi) is 4.22. The molecule has 2 aromatic carbocycles. The highest BCUT2D eigenvalue weighted by atomic mass is 35.5. The highest BCUT2D eigenvalue weighted by Gasteiger charge is 2.09. The Morgan fingerprint density at radius 2 is 1.72 bits per heavy atom. The molecule has 0 fully saturated rings. The maximum atomic E-state index is 8.74. The first-order chi connectivity index (χ1) is 8.83. The van der Waals surface area contributed by atoms with Gasteiger partial charge in [-0.05, 0) is 29.8 Å². The fourth-order valence-electron chi connectivity index (χ4n) is 1.74. The molecule has 0 saturated carbocycles. The van der Waals surface area contributed by atoms with Gasteiger partial charge in [0.15, 0.2) is 0 Å². The maximum Gasteiger partial charge on any atom is 0.0991 e. The van der Waals surface area contributed by atoms with Crippen molar-refractivity contribution in [2.45, 2.75) is 6.04 Å². The van der Waals surface area contributed by atoms with Gasteiger partial charge in [0.1, 0.15) is 0 Å². The first-order valence-corrected chi connectivity index (χ1v) is 6.24. The van der Waals surface area contributed by atoms with E-state index in [9.17, 15) is 0 Å². The lowest BCUT2D eigenvalue weighted by Crippen LogP contribution is -2.12. The minimum atomic E-state index is 0.0702. The van der Waals surface area contributed by atoms with E-state index in [4.69, 9.17) is 16.9 Å². The summed E-state index contributed by atoms with van der Waals surface area (Å²) < 4.78 is 0. The summed E-state index contributed by atoms with van der Waals surface area (Å²) in [7, 11) is 0. The molecule has 0 aliphatic rings. The first kappa shape index (κ1) is 12.5. The van der Waals surface area contributed by atoms with Crippen LogP contribution in [0.1, 0.15) is 17.2 Å². The van der Waals surface area contributed by atoms with E-state index < -0.39 is 0 Å². The van der Waals surface area contributed by atoms with Gasteiger partial charge in [-0.2, -0.15) is 5.26 Å². The molecule has 0 bridgehead atoms. The summed E-state index contributed by atoms with van der Waals surface area (Å²) in [4.78, 5) is 0. The molecule has 0 aliphatic carbocycles. The fraction of sp³-hybridized carbons (Fsp3) is 0.133. The van der Waals surface area contributed by atoms with Crippen LogP contribution in [-0.4, -0.2) is 5.88 Å². The fourth-order valence-corrected chi connectivity index (χ4v) is 1.99. The molecule has 0 radical (unpaired) electrons. The molecule has 1 atom stereocenters. The van der Waals surface area contributed by atoms with Gasteiger partial charge in [0.25, 0.3) is 0 Å². The van der Waals surface area contributed by atoms with Gasteiger partial charge >= 0.3 is 0 Å². The van der Waals surface area contributed by atoms with Crippen molar-refractivity contribution in [2.24, 2.45) is 0 Å². The summed E-state index contributed by atoms with van der Waals surface area (Å²) in [5, 5.41) is 12.1. The molecule has 0 aromatic heterocycles. The van der Waals surface area contributed by atoms with E-state index in [1.807, 2.05) is 42.5 Å². The number of nitriles is 1. The summed E-state index contributed by atoms with van der Waals surface area (Å²) in [6.07, 6.45) is 0. The average molecular weight is 257 g/mol. The van der Waals surface area contributed by atoms with Crippen molar-refractivity contribution >= 4 is 17.3 Å². The predicted octanol–water partition coefficient (Wildman–Crippen LogP) is 3.95. The lowest BCUT2D eigenvalue weighted by Gasteiger charge is -2.17. The van der Waals surface area contributed by atoms with Crippen LogP contribution in [-0.2, 0) is 0 Å². The van der Waals surface area contributed by atoms with Crippen molar-refractivity contribution in [1.82, 2.24) is 0 Å². The molecular formula is C15H13ClN2. The van der Waals surface area contributed by atoms with E-state index in [2.05, 4.69) is 11.4 Å². The van der Waals surface area contributed by atoms with Gasteiger partial charge in [-0.1, -0.05) is 30.3 Å². The van der Waals surface area contributed by atoms with Gasteiger partial charge in [0, 0.05) is 11.6 Å². The normalized spacial score (nSPS) is 11.6. The van der Waals surface area contributed by atoms with Crippen LogP contribution in [0.4, 0.5) is 5.69 Å². The number of nitrogens with zero attached hydrogens (tertiary/aromatic N) is 1. The monoisotopic (exact) mass is 256 g/mol. The van der Waals surface area contributed by atoms with Crippen molar-refractivity contribution in [3.8, 4) is 6.07 Å². The molecule has 0 aliphatic heterocycles. The quantitative estimate of drug-likeness (QED) is 0.841. The molecule has 0 spiro atoms. The van der Waals surface area contributed by atoms with Gasteiger partial charge in [-0.3, -0.25) is 0 Å². The molecule has 18 heavy (non-hydrogen) atoms. The largest absolute Gasteiger partial charge is 0.377 e. The summed E-state index contributed by atoms with van der Waals surface area (Å²) in [5.74, 6) is 0.490. The molecule has 2 nitrogen and oxygen atoms in total. The summed E-state index contributed by atoms with van der Waals surface area (Å²) in [5.41, 5.74) is 2.77. The van der Waals surface area contributed by atoms with E-state index in [0.717, 1.165) is 11.3 Å². The van der Waals surface area contributed by atoms with Crippen LogP contribution in [0.15, 0.2) is 54.6 Å². The Bertz CT molecular complexity index is 529. The second-order valence-electron chi connectivity index (χ2n) is 3.95. The number of halogens is 1. The Morgan fingerprint density at radius 3 is 2.28 bits per heavy atom. The Balaban J connectivity index is 2.13. The minimum Gasteiger partial charge on any atom is -0.377 e. The summed E-state index contributed by atoms with van der Waals surface area (Å²) in [6, 6.07) is 19.6. The smallest absolute Gasteiger partial charge is 0.0991 e. The van der Waals surface area contributed by atoms with E-state index >= 15 is 0 Å². The molecule has 2 rings (SSSR count). The Morgan fingerprint density at radius 1 is 1.06 bits per heavy atom. The molecule has 1 N–H and O–H groups in total. The van der Waals surface area contributed by atoms with Crippen molar-refractivity contribution in [1.29, 1.82) is 5.26 Å². The topological polar surface area (TPSA) is 35.8 Å². The number of nitrogens with one attached hydrogen (secondary N) is 1. The molecule has 0 amide bonds. The number of hydrogen-bond donors (Lipinski definition) is 1. The third kappa shape index (κ3) is 3.03. The minimum absolute atomic E-state index is 0.0702. The van der Waals surface area contributed by atoms with Gasteiger partial charge in [-0.25, -0.2) is 0 Å². The van der Waals surface area contributed by atoms with E-state index in [1.54, 1.807) is 12.1 Å². The second-order valence-corrected chi connectivity index (χ2v) is 4.26. The molecule has 2 aromatic rings. The van der Waals surface area contributed by atoms with Gasteiger partial charge in [0.05, 0.1) is 17.7 Å². The summed E-state index contributed by atoms with van der Waals surface area (Å²) in [6.45, 7) is 0. The van der Waals surface area contributed by atoms with E-state index in [0.29, 0.717) is 11.4 Å². The number of anilines is 1. The first-order valence-electron chi connectivity index (χ1n) is 5.71. The van der Waals surface area contributed by atoms with Crippen LogP contribution in [0.25, 0.3) is 0 Å². The zero-order chi connectivity index (χ0) is 12.8. The average Bonchev–Trinajstić information content (AvgIpc) is 2.46. The molecule has 0 saturated heterocycles. The van der Waals surface area contributed by atoms with Gasteiger partial charge in [-0.15, -0.1) is 11.6 Å². The van der Waals surface area contributed by atoms with Crippen molar-refractivity contribution < 1.29 is 0 Å². The van der Waals surface area contributed by atoms with Crippen molar-refractivity contribution in [3.05, 3.63) is 65.7 Å². The predicted molar refractivity (Wildman–Crippen MR) is 74.7 cm³/mol. The molecule has 0 heterocycles. The highest BCUT2D eigenvalue weighted by molar-refractivity contribution is 6.18. The highest BCUT2D eigenvalue weighted by Crippen LogP contribution is 2.20. The maximum absolute atomic E-state index is 8.74. The summed E-state index contributed by atoms with van der Waals surface area (Å²) >= 11 is 6.00. The number of benzene rings is 2. The number of rotatable bonds is 4. The lowest BCUT2D eigenvalue weighted by atomic mass is 10.1. The zero-order valence-corrected chi connectivity index (χ0v) is 10.6. The van der Waals surface area contributed by atoms with Crippen LogP contribution >= 0.6 is 11.6 Å². The van der Waals surface area contributed by atoms with Crippen LogP contribution in [0.2, 0.25) is 0 Å². The number of alkyl halides is 1. The van der Waals surface area contributed by atoms with E-state index in [1.165, 1.54) is 0 Å². The molecular weight excluding hydrogens is 244 g/mol. The Hall–Kier alpha value is -1.98. The van der Waals surface area contributed by atoms with E-state index in [-0.39, 0.29) is 6.04 Å². The van der Waals surface area contributed by atoms with Gasteiger partial charge < -0.3 is 5.32 Å². The van der Waals surface area contributed by atoms with Gasteiger partial charge in [0.2, 0.25) is 0 Å². The SMILES string of the molecule is N#Cc1ccc(NC(CCl)c2ccccc2)cc1. The third-order valence-corrected chi connectivity index (χ3v) is 3.02. The molecule has 1 unspecified atom stereocenters. The second kappa shape index (κ2) is 6.09. The van der Waals surface area contributed by atoms with Crippen LogP contribution in [0.3, 0.4) is 0 Å². The lowest BCUT2D eigenvalue weighted by molar-refractivity contribution is 0.893. The van der Waals surface area contributed by atoms with Crippen molar-refractivity contribution in [3.63, 3.8) is 0 Å². The molecule has 90 valence electrons. The van der Waals surface area contributed by atoms with Crippen molar-refractivity contribution in [2.75, 3.05) is 11.2 Å². The third-order valence-electron chi connectivity index (χ3n) is 2.71. The van der Waals surface area contributed by atoms with Crippen LogP contribution < -0.4 is 5.32 Å². The zero-order valence-electron chi connectivity index (χ0n) is 9.81.